The van der Waals surface area contributed by atoms with Crippen LogP contribution >= 0.6 is 0 Å². The van der Waals surface area contributed by atoms with E-state index >= 15 is 0 Å². The molecule has 0 aromatic rings. The van der Waals surface area contributed by atoms with Crippen molar-refractivity contribution in [3.8, 4) is 0 Å². The maximum Gasteiger partial charge on any atom is 0.0752 e. The molecule has 0 aliphatic heterocycles. The van der Waals surface area contributed by atoms with Gasteiger partial charge in [0.25, 0.3) is 0 Å². The fourth-order valence-corrected chi connectivity index (χ4v) is 1.21. The van der Waals surface area contributed by atoms with Crippen LogP contribution in [0.2, 0.25) is 0 Å². The normalized spacial score (nSPS) is 33.8. The van der Waals surface area contributed by atoms with E-state index in [2.05, 4.69) is 6.08 Å². The van der Waals surface area contributed by atoms with Crippen molar-refractivity contribution < 1.29 is 4.74 Å². The molecule has 2 atom stereocenters. The third-order valence-corrected chi connectivity index (χ3v) is 1.90. The first-order valence-corrected chi connectivity index (χ1v) is 3.79. The number of hydrogen-bond acceptors (Lipinski definition) is 2. The first-order chi connectivity index (χ1) is 4.83. The average Bonchev–Trinajstić information content (AvgIpc) is 2.14. The van der Waals surface area contributed by atoms with E-state index in [1.807, 2.05) is 6.08 Å². The van der Waals surface area contributed by atoms with Crippen molar-refractivity contribution in [3.63, 3.8) is 0 Å². The summed E-state index contributed by atoms with van der Waals surface area (Å²) in [4.78, 5) is 0. The molecular weight excluding hydrogens is 126 g/mol. The lowest BCUT2D eigenvalue weighted by atomic mass is 10.1. The second-order valence-corrected chi connectivity index (χ2v) is 2.75. The third kappa shape index (κ3) is 2.12. The molecule has 0 aromatic heterocycles. The summed E-state index contributed by atoms with van der Waals surface area (Å²) in [5.41, 5.74) is 5.71. The number of nitrogens with two attached hydrogens (primary N) is 1. The Kier molecular flexibility index (Phi) is 2.90. The highest BCUT2D eigenvalue weighted by Crippen LogP contribution is 2.12. The molecule has 0 aromatic carbocycles. The quantitative estimate of drug-likeness (QED) is 0.554. The molecule has 0 saturated heterocycles. The van der Waals surface area contributed by atoms with Crippen LogP contribution in [0.5, 0.6) is 0 Å². The van der Waals surface area contributed by atoms with Crippen molar-refractivity contribution in [2.45, 2.75) is 31.4 Å². The average molecular weight is 141 g/mol. The van der Waals surface area contributed by atoms with Crippen LogP contribution in [0.25, 0.3) is 0 Å². The smallest absolute Gasteiger partial charge is 0.0752 e. The number of ether oxygens (including phenoxy) is 1. The van der Waals surface area contributed by atoms with Gasteiger partial charge in [0, 0.05) is 13.2 Å². The Balaban J connectivity index is 2.42. The van der Waals surface area contributed by atoms with Crippen LogP contribution in [-0.2, 0) is 4.74 Å². The van der Waals surface area contributed by atoms with Crippen molar-refractivity contribution in [2.75, 3.05) is 7.11 Å². The van der Waals surface area contributed by atoms with Crippen molar-refractivity contribution in [1.82, 2.24) is 0 Å². The van der Waals surface area contributed by atoms with Crippen LogP contribution in [0.3, 0.4) is 0 Å². The summed E-state index contributed by atoms with van der Waals surface area (Å²) in [5, 5.41) is 0. The molecule has 1 rings (SSSR count). The zero-order valence-corrected chi connectivity index (χ0v) is 6.42. The number of rotatable bonds is 1. The lowest BCUT2D eigenvalue weighted by Crippen LogP contribution is -2.14. The summed E-state index contributed by atoms with van der Waals surface area (Å²) in [5.74, 6) is 0. The summed E-state index contributed by atoms with van der Waals surface area (Å²) < 4.78 is 5.18. The molecule has 0 unspecified atom stereocenters. The predicted molar refractivity (Wildman–Crippen MR) is 41.8 cm³/mol. The third-order valence-electron chi connectivity index (χ3n) is 1.90. The molecule has 1 aliphatic carbocycles. The summed E-state index contributed by atoms with van der Waals surface area (Å²) in [6.45, 7) is 0. The Labute approximate surface area is 62.1 Å². The van der Waals surface area contributed by atoms with Gasteiger partial charge in [-0.25, -0.2) is 0 Å². The lowest BCUT2D eigenvalue weighted by molar-refractivity contribution is 0.133. The van der Waals surface area contributed by atoms with E-state index in [9.17, 15) is 0 Å². The van der Waals surface area contributed by atoms with Crippen LogP contribution in [0.4, 0.5) is 0 Å². The summed E-state index contributed by atoms with van der Waals surface area (Å²) >= 11 is 0. The van der Waals surface area contributed by atoms with Gasteiger partial charge in [0.05, 0.1) is 6.10 Å². The molecular formula is C8H15NO. The van der Waals surface area contributed by atoms with Gasteiger partial charge < -0.3 is 10.5 Å². The highest BCUT2D eigenvalue weighted by molar-refractivity contribution is 4.98. The minimum atomic E-state index is 0.250. The summed E-state index contributed by atoms with van der Waals surface area (Å²) in [6, 6.07) is 0.250. The number of methoxy groups -OCH3 is 1. The molecule has 0 heterocycles. The maximum absolute atomic E-state index is 5.71. The van der Waals surface area contributed by atoms with Gasteiger partial charge in [0.1, 0.15) is 0 Å². The van der Waals surface area contributed by atoms with Gasteiger partial charge in [-0.05, 0) is 19.3 Å². The van der Waals surface area contributed by atoms with Crippen LogP contribution in [0, 0.1) is 0 Å². The molecule has 0 amide bonds. The maximum atomic E-state index is 5.71. The molecule has 0 saturated carbocycles. The number of hydrogen-bond donors (Lipinski definition) is 1. The Hall–Kier alpha value is -0.340. The zero-order valence-electron chi connectivity index (χ0n) is 6.42. The van der Waals surface area contributed by atoms with E-state index in [-0.39, 0.29) is 6.04 Å². The summed E-state index contributed by atoms with van der Waals surface area (Å²) in [6.07, 6.45) is 7.79. The Morgan fingerprint density at radius 2 is 2.20 bits per heavy atom. The predicted octanol–water partition coefficient (Wildman–Crippen LogP) is 1.07. The second kappa shape index (κ2) is 3.74. The monoisotopic (exact) mass is 141 g/mol. The molecule has 1 aliphatic rings. The van der Waals surface area contributed by atoms with Crippen molar-refractivity contribution in [3.05, 3.63) is 12.2 Å². The first kappa shape index (κ1) is 7.76. The van der Waals surface area contributed by atoms with Gasteiger partial charge >= 0.3 is 0 Å². The van der Waals surface area contributed by atoms with E-state index in [1.165, 1.54) is 6.42 Å². The van der Waals surface area contributed by atoms with E-state index in [0.29, 0.717) is 6.10 Å². The molecule has 2 nitrogen and oxygen atoms in total. The van der Waals surface area contributed by atoms with Gasteiger partial charge in [-0.3, -0.25) is 0 Å². The largest absolute Gasteiger partial charge is 0.377 e. The highest BCUT2D eigenvalue weighted by atomic mass is 16.5. The topological polar surface area (TPSA) is 35.2 Å². The molecule has 0 fully saturated rings. The minimum Gasteiger partial charge on any atom is -0.377 e. The fraction of sp³-hybridized carbons (Fsp3) is 0.750. The molecule has 2 heteroatoms. The highest BCUT2D eigenvalue weighted by Gasteiger charge is 2.08. The van der Waals surface area contributed by atoms with E-state index in [0.717, 1.165) is 12.8 Å². The fourth-order valence-electron chi connectivity index (χ4n) is 1.21. The lowest BCUT2D eigenvalue weighted by Gasteiger charge is -2.06. The van der Waals surface area contributed by atoms with E-state index in [1.54, 1.807) is 7.11 Å². The van der Waals surface area contributed by atoms with E-state index < -0.39 is 0 Å². The molecule has 10 heavy (non-hydrogen) atoms. The summed E-state index contributed by atoms with van der Waals surface area (Å²) in [7, 11) is 1.74. The molecule has 58 valence electrons. The van der Waals surface area contributed by atoms with Crippen LogP contribution in [-0.4, -0.2) is 19.3 Å². The Morgan fingerprint density at radius 1 is 1.40 bits per heavy atom. The van der Waals surface area contributed by atoms with Crippen molar-refractivity contribution >= 4 is 0 Å². The van der Waals surface area contributed by atoms with E-state index in [4.69, 9.17) is 10.5 Å². The van der Waals surface area contributed by atoms with Crippen LogP contribution in [0.1, 0.15) is 19.3 Å². The SMILES string of the molecule is CO[C@@H]1C=C[C@H](N)CCC1. The standard InChI is InChI=1S/C8H15NO/c1-10-8-4-2-3-7(9)5-6-8/h5-8H,2-4,9H2,1H3/t7-,8+/m1/s1. The molecule has 0 radical (unpaired) electrons. The second-order valence-electron chi connectivity index (χ2n) is 2.75. The Bertz CT molecular complexity index is 122. The van der Waals surface area contributed by atoms with Gasteiger partial charge in [0.2, 0.25) is 0 Å². The molecule has 0 bridgehead atoms. The van der Waals surface area contributed by atoms with Crippen molar-refractivity contribution in [2.24, 2.45) is 5.73 Å². The minimum absolute atomic E-state index is 0.250. The van der Waals surface area contributed by atoms with Crippen LogP contribution < -0.4 is 5.73 Å². The zero-order chi connectivity index (χ0) is 7.40. The van der Waals surface area contributed by atoms with Gasteiger partial charge in [-0.2, -0.15) is 0 Å². The van der Waals surface area contributed by atoms with Crippen molar-refractivity contribution in [1.29, 1.82) is 0 Å². The molecule has 0 spiro atoms. The van der Waals surface area contributed by atoms with Gasteiger partial charge in [0.15, 0.2) is 0 Å². The Morgan fingerprint density at radius 3 is 2.90 bits per heavy atom. The first-order valence-electron chi connectivity index (χ1n) is 3.79. The van der Waals surface area contributed by atoms with Gasteiger partial charge in [-0.1, -0.05) is 12.2 Å². The molecule has 2 N–H and O–H groups in total. The van der Waals surface area contributed by atoms with Gasteiger partial charge in [-0.15, -0.1) is 0 Å². The van der Waals surface area contributed by atoms with Crippen LogP contribution in [0.15, 0.2) is 12.2 Å².